The second-order valence-electron chi connectivity index (χ2n) is 4.68. The van der Waals surface area contributed by atoms with Gasteiger partial charge in [-0.2, -0.15) is 0 Å². The van der Waals surface area contributed by atoms with E-state index >= 15 is 0 Å². The maximum absolute atomic E-state index is 12.0. The molecule has 1 amide bonds. The number of likely N-dealkylation sites (tertiary alicyclic amines) is 1. The van der Waals surface area contributed by atoms with Crippen LogP contribution < -0.4 is 5.69 Å². The van der Waals surface area contributed by atoms with E-state index in [4.69, 9.17) is 5.11 Å². The lowest BCUT2D eigenvalue weighted by molar-refractivity contribution is 0.136. The smallest absolute Gasteiger partial charge is 0.407 e. The van der Waals surface area contributed by atoms with Crippen molar-refractivity contribution in [1.82, 2.24) is 24.4 Å². The third-order valence-corrected chi connectivity index (χ3v) is 3.85. The predicted octanol–water partition coefficient (Wildman–Crippen LogP) is 1.02. The van der Waals surface area contributed by atoms with E-state index in [9.17, 15) is 9.59 Å². The Balaban J connectivity index is 1.98. The molecule has 0 radical (unpaired) electrons. The second-order valence-corrected chi connectivity index (χ2v) is 5.49. The summed E-state index contributed by atoms with van der Waals surface area (Å²) >= 11 is 3.22. The predicted molar refractivity (Wildman–Crippen MR) is 73.6 cm³/mol. The summed E-state index contributed by atoms with van der Waals surface area (Å²) in [5.74, 6) is 0. The molecule has 3 heterocycles. The number of H-pyrrole nitrogens is 1. The molecule has 2 aromatic rings. The Morgan fingerprint density at radius 2 is 2.40 bits per heavy atom. The van der Waals surface area contributed by atoms with Crippen LogP contribution in [0.2, 0.25) is 0 Å². The molecule has 1 aliphatic rings. The zero-order chi connectivity index (χ0) is 14.3. The Morgan fingerprint density at radius 1 is 1.60 bits per heavy atom. The summed E-state index contributed by atoms with van der Waals surface area (Å²) in [5.41, 5.74) is 0.509. The van der Waals surface area contributed by atoms with Gasteiger partial charge in [-0.25, -0.2) is 19.6 Å². The summed E-state index contributed by atoms with van der Waals surface area (Å²) in [6.07, 6.45) is 2.10. The number of aromatic nitrogens is 4. The van der Waals surface area contributed by atoms with E-state index in [1.807, 2.05) is 0 Å². The highest BCUT2D eigenvalue weighted by atomic mass is 79.9. The number of hydrogen-bond acceptors (Lipinski definition) is 4. The number of carbonyl (C=O) groups is 1. The average molecular weight is 342 g/mol. The van der Waals surface area contributed by atoms with E-state index < -0.39 is 6.09 Å². The fraction of sp³-hybridized carbons (Fsp3) is 0.455. The minimum Gasteiger partial charge on any atom is -0.465 e. The first-order valence-electron chi connectivity index (χ1n) is 6.17. The van der Waals surface area contributed by atoms with Crippen molar-refractivity contribution in [1.29, 1.82) is 0 Å². The Morgan fingerprint density at radius 3 is 3.15 bits per heavy atom. The van der Waals surface area contributed by atoms with Crippen molar-refractivity contribution >= 4 is 33.3 Å². The molecule has 0 saturated carbocycles. The summed E-state index contributed by atoms with van der Waals surface area (Å²) in [6.45, 7) is 0.794. The van der Waals surface area contributed by atoms with Crippen molar-refractivity contribution in [3.63, 3.8) is 0 Å². The molecule has 1 atom stereocenters. The van der Waals surface area contributed by atoms with Crippen molar-refractivity contribution < 1.29 is 9.90 Å². The van der Waals surface area contributed by atoms with Crippen LogP contribution in [0.5, 0.6) is 0 Å². The molecule has 2 aromatic heterocycles. The van der Waals surface area contributed by atoms with Gasteiger partial charge < -0.3 is 10.0 Å². The number of nitrogens with zero attached hydrogens (tertiary/aromatic N) is 4. The fourth-order valence-electron chi connectivity index (χ4n) is 2.56. The lowest BCUT2D eigenvalue weighted by Gasteiger charge is -2.21. The van der Waals surface area contributed by atoms with E-state index in [1.165, 1.54) is 15.7 Å². The number of nitrogens with one attached hydrogen (secondary N) is 1. The molecule has 8 nitrogen and oxygen atoms in total. The van der Waals surface area contributed by atoms with Crippen LogP contribution in [-0.2, 0) is 6.54 Å². The Labute approximate surface area is 121 Å². The Bertz CT molecular complexity index is 724. The van der Waals surface area contributed by atoms with Crippen LogP contribution >= 0.6 is 15.9 Å². The number of fused-ring (bicyclic) bond motifs is 1. The molecule has 1 unspecified atom stereocenters. The zero-order valence-corrected chi connectivity index (χ0v) is 12.0. The van der Waals surface area contributed by atoms with Crippen molar-refractivity contribution in [2.45, 2.75) is 25.4 Å². The largest absolute Gasteiger partial charge is 0.465 e. The summed E-state index contributed by atoms with van der Waals surface area (Å²) in [5, 5.41) is 9.13. The van der Waals surface area contributed by atoms with Crippen LogP contribution in [0.1, 0.15) is 12.8 Å². The first-order valence-corrected chi connectivity index (χ1v) is 6.96. The number of imidazole rings is 1. The van der Waals surface area contributed by atoms with Crippen molar-refractivity contribution in [2.24, 2.45) is 0 Å². The Hall–Kier alpha value is -1.90. The summed E-state index contributed by atoms with van der Waals surface area (Å²) in [7, 11) is 0. The maximum Gasteiger partial charge on any atom is 0.407 e. The van der Waals surface area contributed by atoms with Gasteiger partial charge >= 0.3 is 11.8 Å². The van der Waals surface area contributed by atoms with Crippen LogP contribution in [0.15, 0.2) is 15.6 Å². The van der Waals surface area contributed by atoms with Crippen LogP contribution in [0.3, 0.4) is 0 Å². The summed E-state index contributed by atoms with van der Waals surface area (Å²) < 4.78 is 1.97. The number of carboxylic acid groups (broad SMARTS) is 1. The first-order chi connectivity index (χ1) is 9.56. The van der Waals surface area contributed by atoms with E-state index in [2.05, 4.69) is 30.9 Å². The highest BCUT2D eigenvalue weighted by Gasteiger charge is 2.29. The lowest BCUT2D eigenvalue weighted by Crippen LogP contribution is -2.38. The SMILES string of the molecule is O=C(O)N1CCCC1Cn1c(=O)[nH]c2ncc(Br)nc21. The highest BCUT2D eigenvalue weighted by Crippen LogP contribution is 2.20. The molecule has 0 spiro atoms. The quantitative estimate of drug-likeness (QED) is 0.848. The van der Waals surface area contributed by atoms with Gasteiger partial charge in [-0.05, 0) is 28.8 Å². The van der Waals surface area contributed by atoms with Gasteiger partial charge in [-0.15, -0.1) is 0 Å². The molecule has 2 N–H and O–H groups in total. The molecule has 3 rings (SSSR count). The van der Waals surface area contributed by atoms with Gasteiger partial charge in [-0.1, -0.05) is 0 Å². The molecule has 9 heteroatoms. The monoisotopic (exact) mass is 341 g/mol. The van der Waals surface area contributed by atoms with Crippen molar-refractivity contribution in [3.8, 4) is 0 Å². The molecule has 0 aliphatic carbocycles. The molecule has 1 fully saturated rings. The minimum absolute atomic E-state index is 0.204. The molecular formula is C11H12BrN5O3. The molecule has 1 aliphatic heterocycles. The van der Waals surface area contributed by atoms with Gasteiger partial charge in [0.05, 0.1) is 12.2 Å². The van der Waals surface area contributed by atoms with Crippen molar-refractivity contribution in [2.75, 3.05) is 6.54 Å². The second kappa shape index (κ2) is 4.89. The van der Waals surface area contributed by atoms with Crippen LogP contribution in [0, 0.1) is 0 Å². The topological polar surface area (TPSA) is 104 Å². The molecule has 0 aromatic carbocycles. The summed E-state index contributed by atoms with van der Waals surface area (Å²) in [4.78, 5) is 35.4. The van der Waals surface area contributed by atoms with Crippen LogP contribution in [-0.4, -0.2) is 48.2 Å². The maximum atomic E-state index is 12.0. The lowest BCUT2D eigenvalue weighted by atomic mass is 10.2. The number of amides is 1. The minimum atomic E-state index is -0.951. The fourth-order valence-corrected chi connectivity index (χ4v) is 2.83. The van der Waals surface area contributed by atoms with Gasteiger partial charge in [-0.3, -0.25) is 9.55 Å². The molecule has 0 bridgehead atoms. The third-order valence-electron chi connectivity index (χ3n) is 3.47. The average Bonchev–Trinajstić information content (AvgIpc) is 2.96. The van der Waals surface area contributed by atoms with Crippen molar-refractivity contribution in [3.05, 3.63) is 21.3 Å². The van der Waals surface area contributed by atoms with Crippen LogP contribution in [0.4, 0.5) is 4.79 Å². The number of hydrogen-bond donors (Lipinski definition) is 2. The van der Waals surface area contributed by atoms with Gasteiger partial charge in [0.1, 0.15) is 4.60 Å². The first kappa shape index (κ1) is 13.1. The number of halogens is 1. The van der Waals surface area contributed by atoms with Gasteiger partial charge in [0.15, 0.2) is 11.3 Å². The number of rotatable bonds is 2. The van der Waals surface area contributed by atoms with E-state index in [0.717, 1.165) is 12.8 Å². The molecule has 20 heavy (non-hydrogen) atoms. The molecular weight excluding hydrogens is 330 g/mol. The van der Waals surface area contributed by atoms with Crippen LogP contribution in [0.25, 0.3) is 11.3 Å². The standard InChI is InChI=1S/C11H12BrN5O3/c12-7-4-13-8-9(14-7)17(10(18)15-8)5-6-2-1-3-16(6)11(19)20/h4,6H,1-3,5H2,(H,19,20)(H,13,15,18). The molecule has 106 valence electrons. The third kappa shape index (κ3) is 2.17. The van der Waals surface area contributed by atoms with Gasteiger partial charge in [0, 0.05) is 13.1 Å². The van der Waals surface area contributed by atoms with E-state index in [-0.39, 0.29) is 18.3 Å². The summed E-state index contributed by atoms with van der Waals surface area (Å²) in [6, 6.07) is -0.204. The normalized spacial score (nSPS) is 18.9. The molecule has 1 saturated heterocycles. The van der Waals surface area contributed by atoms with E-state index in [1.54, 1.807) is 0 Å². The van der Waals surface area contributed by atoms with E-state index in [0.29, 0.717) is 22.4 Å². The highest BCUT2D eigenvalue weighted by molar-refractivity contribution is 9.10. The zero-order valence-electron chi connectivity index (χ0n) is 10.4. The van der Waals surface area contributed by atoms with Gasteiger partial charge in [0.2, 0.25) is 0 Å². The number of aromatic amines is 1. The van der Waals surface area contributed by atoms with Gasteiger partial charge in [0.25, 0.3) is 0 Å². The Kier molecular flexibility index (Phi) is 3.20.